The number of hydrogen-bond acceptors (Lipinski definition) is 7. The predicted octanol–water partition coefficient (Wildman–Crippen LogP) is 3.06. The van der Waals surface area contributed by atoms with Crippen molar-refractivity contribution >= 4 is 33.5 Å². The first-order valence-corrected chi connectivity index (χ1v) is 14.5. The van der Waals surface area contributed by atoms with E-state index in [1.165, 1.54) is 32.1 Å². The Bertz CT molecular complexity index is 1260. The number of piperidine rings is 1. The Morgan fingerprint density at radius 1 is 1.11 bits per heavy atom. The molecule has 0 bridgehead atoms. The minimum atomic E-state index is -3.83. The Labute approximate surface area is 217 Å². The maximum atomic E-state index is 12.6. The Balaban J connectivity index is 1.16. The fourth-order valence-electron chi connectivity index (χ4n) is 5.39. The van der Waals surface area contributed by atoms with Crippen molar-refractivity contribution in [3.05, 3.63) is 47.7 Å². The van der Waals surface area contributed by atoms with Crippen LogP contribution in [-0.4, -0.2) is 51.4 Å². The van der Waals surface area contributed by atoms with Crippen LogP contribution in [-0.2, 0) is 10.2 Å². The Morgan fingerprint density at radius 3 is 2.70 bits per heavy atom. The third kappa shape index (κ3) is 6.15. The largest absolute Gasteiger partial charge is 0.492 e. The summed E-state index contributed by atoms with van der Waals surface area (Å²) < 4.78 is 35.7. The minimum Gasteiger partial charge on any atom is -0.492 e. The van der Waals surface area contributed by atoms with Crippen molar-refractivity contribution in [1.29, 1.82) is 0 Å². The van der Waals surface area contributed by atoms with Crippen molar-refractivity contribution in [1.82, 2.24) is 10.3 Å². The lowest BCUT2D eigenvalue weighted by molar-refractivity contribution is 0.0943. The van der Waals surface area contributed by atoms with E-state index in [4.69, 9.17) is 10.5 Å². The number of anilines is 2. The van der Waals surface area contributed by atoms with Gasteiger partial charge in [-0.25, -0.2) is 4.98 Å². The van der Waals surface area contributed by atoms with Gasteiger partial charge in [-0.2, -0.15) is 8.42 Å². The Hall–Kier alpha value is -3.34. The number of hydrogen-bond donors (Lipinski definition) is 3. The van der Waals surface area contributed by atoms with Gasteiger partial charge in [-0.05, 0) is 55.9 Å². The van der Waals surface area contributed by atoms with Crippen LogP contribution in [0.3, 0.4) is 0 Å². The number of benzene rings is 1. The van der Waals surface area contributed by atoms with Gasteiger partial charge in [-0.3, -0.25) is 9.52 Å². The summed E-state index contributed by atoms with van der Waals surface area (Å²) in [6.07, 6.45) is 9.88. The van der Waals surface area contributed by atoms with Crippen molar-refractivity contribution in [3.63, 3.8) is 0 Å². The molecule has 3 heterocycles. The van der Waals surface area contributed by atoms with Crippen LogP contribution < -0.4 is 25.4 Å². The van der Waals surface area contributed by atoms with E-state index in [-0.39, 0.29) is 17.7 Å². The van der Waals surface area contributed by atoms with Crippen LogP contribution in [0.2, 0.25) is 0 Å². The van der Waals surface area contributed by atoms with Crippen molar-refractivity contribution in [3.8, 4) is 5.75 Å². The second-order valence-corrected chi connectivity index (χ2v) is 11.5. The lowest BCUT2D eigenvalue weighted by Crippen LogP contribution is -2.38. The van der Waals surface area contributed by atoms with Crippen LogP contribution in [0.25, 0.3) is 0 Å². The zero-order valence-corrected chi connectivity index (χ0v) is 21.7. The van der Waals surface area contributed by atoms with E-state index in [0.717, 1.165) is 38.3 Å². The molecule has 37 heavy (non-hydrogen) atoms. The quantitative estimate of drug-likeness (QED) is 0.504. The monoisotopic (exact) mass is 526 g/mol. The molecule has 0 radical (unpaired) electrons. The van der Waals surface area contributed by atoms with Gasteiger partial charge in [-0.1, -0.05) is 25.3 Å². The highest BCUT2D eigenvalue weighted by Crippen LogP contribution is 2.31. The molecule has 1 atom stereocenters. The molecule has 10 nitrogen and oxygen atoms in total. The maximum absolute atomic E-state index is 12.6. The number of ether oxygens (including phenoxy) is 1. The van der Waals surface area contributed by atoms with E-state index < -0.39 is 10.2 Å². The number of nitrogens with zero attached hydrogens (tertiary/aromatic N) is 3. The van der Waals surface area contributed by atoms with E-state index in [1.807, 2.05) is 12.1 Å². The molecule has 1 amide bonds. The first-order chi connectivity index (χ1) is 17.9. The number of carbonyl (C=O) groups excluding carboxylic acids is 1. The fourth-order valence-corrected chi connectivity index (χ4v) is 6.24. The molecule has 3 aliphatic rings. The molecule has 2 fully saturated rings. The van der Waals surface area contributed by atoms with Crippen LogP contribution in [0.1, 0.15) is 60.9 Å². The van der Waals surface area contributed by atoms with Gasteiger partial charge in [-0.15, -0.1) is 4.40 Å². The first kappa shape index (κ1) is 25.3. The van der Waals surface area contributed by atoms with Gasteiger partial charge in [0, 0.05) is 31.7 Å². The molecule has 1 aromatic carbocycles. The summed E-state index contributed by atoms with van der Waals surface area (Å²) in [4.78, 5) is 19.4. The average molecular weight is 527 g/mol. The number of fused-ring (bicyclic) bond motifs is 1. The van der Waals surface area contributed by atoms with Gasteiger partial charge in [0.2, 0.25) is 0 Å². The van der Waals surface area contributed by atoms with Crippen LogP contribution in [0, 0.1) is 11.8 Å². The van der Waals surface area contributed by atoms with Crippen molar-refractivity contribution in [2.45, 2.75) is 44.9 Å². The van der Waals surface area contributed by atoms with E-state index >= 15 is 0 Å². The van der Waals surface area contributed by atoms with E-state index in [1.54, 1.807) is 24.4 Å². The topological polar surface area (TPSA) is 139 Å². The summed E-state index contributed by atoms with van der Waals surface area (Å²) in [5.41, 5.74) is 7.33. The molecular formula is C26H34N6O4S. The SMILES string of the molecule is NC1=NS(=O)(=O)Nc2cccc(OC[C@H]3CCCN(c4ccc(C(=O)NCC5CCCCC5)cn4)C3)c21. The van der Waals surface area contributed by atoms with Crippen LogP contribution in [0.4, 0.5) is 11.5 Å². The van der Waals surface area contributed by atoms with E-state index in [2.05, 4.69) is 24.3 Å². The Morgan fingerprint density at radius 2 is 1.92 bits per heavy atom. The normalized spacial score (nSPS) is 21.4. The number of amidine groups is 1. The first-order valence-electron chi connectivity index (χ1n) is 13.0. The summed E-state index contributed by atoms with van der Waals surface area (Å²) in [5, 5.41) is 3.07. The number of amides is 1. The van der Waals surface area contributed by atoms with Gasteiger partial charge in [0.25, 0.3) is 5.91 Å². The molecule has 5 rings (SSSR count). The molecule has 198 valence electrons. The van der Waals surface area contributed by atoms with Crippen molar-refractivity contribution < 1.29 is 17.9 Å². The average Bonchev–Trinajstić information content (AvgIpc) is 2.90. The molecule has 1 saturated heterocycles. The number of nitrogens with two attached hydrogens (primary N) is 1. The smallest absolute Gasteiger partial charge is 0.344 e. The van der Waals surface area contributed by atoms with Gasteiger partial charge in [0.1, 0.15) is 11.6 Å². The second kappa shape index (κ2) is 11.0. The number of aromatic nitrogens is 1. The fraction of sp³-hybridized carbons (Fsp3) is 0.500. The molecule has 2 aliphatic heterocycles. The molecule has 1 aromatic heterocycles. The third-order valence-electron chi connectivity index (χ3n) is 7.34. The van der Waals surface area contributed by atoms with E-state index in [9.17, 15) is 13.2 Å². The van der Waals surface area contributed by atoms with Crippen LogP contribution >= 0.6 is 0 Å². The molecule has 0 spiro atoms. The van der Waals surface area contributed by atoms with Gasteiger partial charge in [0.05, 0.1) is 23.4 Å². The maximum Gasteiger partial charge on any atom is 0.344 e. The highest BCUT2D eigenvalue weighted by molar-refractivity contribution is 7.91. The standard InChI is InChI=1S/C26H34N6O4S/c27-25-24-21(30-37(34,35)31-25)9-4-10-22(24)36-17-19-8-5-13-32(16-19)23-12-11-20(15-28-23)26(33)29-14-18-6-2-1-3-7-18/h4,9-12,15,18-19,30H,1-3,5-8,13-14,16-17H2,(H2,27,31)(H,29,33)/t19-/m0/s1. The van der Waals surface area contributed by atoms with Crippen molar-refractivity contribution in [2.24, 2.45) is 22.0 Å². The van der Waals surface area contributed by atoms with Crippen LogP contribution in [0.15, 0.2) is 40.9 Å². The summed E-state index contributed by atoms with van der Waals surface area (Å²) in [6.45, 7) is 2.85. The highest BCUT2D eigenvalue weighted by Gasteiger charge is 2.26. The Kier molecular flexibility index (Phi) is 7.50. The van der Waals surface area contributed by atoms with E-state index in [0.29, 0.717) is 35.1 Å². The van der Waals surface area contributed by atoms with Gasteiger partial charge < -0.3 is 20.7 Å². The molecule has 1 saturated carbocycles. The molecular weight excluding hydrogens is 492 g/mol. The summed E-state index contributed by atoms with van der Waals surface area (Å²) >= 11 is 0. The number of nitrogens with one attached hydrogen (secondary N) is 2. The summed E-state index contributed by atoms with van der Waals surface area (Å²) in [6, 6.07) is 8.88. The predicted molar refractivity (Wildman–Crippen MR) is 143 cm³/mol. The molecule has 0 unspecified atom stereocenters. The third-order valence-corrected chi connectivity index (χ3v) is 8.26. The number of pyridine rings is 1. The van der Waals surface area contributed by atoms with Gasteiger partial charge in [0.15, 0.2) is 5.84 Å². The highest BCUT2D eigenvalue weighted by atomic mass is 32.2. The lowest BCUT2D eigenvalue weighted by atomic mass is 9.89. The lowest BCUT2D eigenvalue weighted by Gasteiger charge is -2.33. The number of rotatable bonds is 7. The minimum absolute atomic E-state index is 0.0640. The van der Waals surface area contributed by atoms with Gasteiger partial charge >= 0.3 is 10.2 Å². The molecule has 1 aliphatic carbocycles. The molecule has 2 aromatic rings. The number of carbonyl (C=O) groups is 1. The zero-order valence-electron chi connectivity index (χ0n) is 20.9. The molecule has 4 N–H and O–H groups in total. The van der Waals surface area contributed by atoms with Crippen molar-refractivity contribution in [2.75, 3.05) is 35.9 Å². The molecule has 11 heteroatoms. The van der Waals surface area contributed by atoms with Crippen LogP contribution in [0.5, 0.6) is 5.75 Å². The summed E-state index contributed by atoms with van der Waals surface area (Å²) in [7, 11) is -3.83. The zero-order chi connectivity index (χ0) is 25.8. The second-order valence-electron chi connectivity index (χ2n) is 10.1. The summed E-state index contributed by atoms with van der Waals surface area (Å²) in [5.74, 6) is 2.04.